The largest absolute Gasteiger partial charge is 0.488 e. The smallest absolute Gasteiger partial charge is 0.241 e. The molecule has 1 aliphatic heterocycles. The predicted octanol–water partition coefficient (Wildman–Crippen LogP) is 1.09. The maximum Gasteiger partial charge on any atom is 0.241 e. The summed E-state index contributed by atoms with van der Waals surface area (Å²) in [6.07, 6.45) is 2.55. The Morgan fingerprint density at radius 1 is 1.32 bits per heavy atom. The van der Waals surface area contributed by atoms with Gasteiger partial charge in [-0.3, -0.25) is 9.69 Å². The highest BCUT2D eigenvalue weighted by molar-refractivity contribution is 5.96. The van der Waals surface area contributed by atoms with E-state index in [2.05, 4.69) is 0 Å². The van der Waals surface area contributed by atoms with Crippen molar-refractivity contribution in [2.75, 3.05) is 37.3 Å². The van der Waals surface area contributed by atoms with E-state index in [1.165, 1.54) is 0 Å². The highest BCUT2D eigenvalue weighted by Gasteiger charge is 2.26. The predicted molar refractivity (Wildman–Crippen MR) is 74.4 cm³/mol. The third-order valence-electron chi connectivity index (χ3n) is 3.53. The quantitative estimate of drug-likeness (QED) is 0.827. The third kappa shape index (κ3) is 2.66. The second kappa shape index (κ2) is 4.74. The molecule has 1 heterocycles. The standard InChI is InChI=1S/C14H19N3O2/c1-16-6-7-17(14(18)9-16)10-2-5-13(12(15)8-10)19-11-3-4-11/h2,5,8,11H,3-4,6-7,9,15H2,1H3. The Kier molecular flexibility index (Phi) is 3.06. The minimum atomic E-state index is 0.115. The monoisotopic (exact) mass is 261 g/mol. The molecule has 1 saturated carbocycles. The maximum atomic E-state index is 12.0. The molecule has 5 nitrogen and oxygen atoms in total. The van der Waals surface area contributed by atoms with Crippen LogP contribution in [0.5, 0.6) is 5.75 Å². The maximum absolute atomic E-state index is 12.0. The van der Waals surface area contributed by atoms with Crippen LogP contribution < -0.4 is 15.4 Å². The molecule has 5 heteroatoms. The number of carbonyl (C=O) groups is 1. The van der Waals surface area contributed by atoms with Crippen LogP contribution in [0.2, 0.25) is 0 Å². The van der Waals surface area contributed by atoms with E-state index in [-0.39, 0.29) is 5.91 Å². The van der Waals surface area contributed by atoms with E-state index in [0.29, 0.717) is 24.9 Å². The summed E-state index contributed by atoms with van der Waals surface area (Å²) in [6, 6.07) is 5.62. The van der Waals surface area contributed by atoms with Crippen LogP contribution in [0.3, 0.4) is 0 Å². The van der Waals surface area contributed by atoms with Gasteiger partial charge in [-0.2, -0.15) is 0 Å². The summed E-state index contributed by atoms with van der Waals surface area (Å²) in [5.41, 5.74) is 7.47. The summed E-state index contributed by atoms with van der Waals surface area (Å²) < 4.78 is 5.71. The van der Waals surface area contributed by atoms with Crippen LogP contribution >= 0.6 is 0 Å². The van der Waals surface area contributed by atoms with Crippen molar-refractivity contribution in [1.82, 2.24) is 4.90 Å². The highest BCUT2D eigenvalue weighted by atomic mass is 16.5. The molecule has 0 spiro atoms. The van der Waals surface area contributed by atoms with Crippen LogP contribution in [0.25, 0.3) is 0 Å². The van der Waals surface area contributed by atoms with Crippen LogP contribution in [0.15, 0.2) is 18.2 Å². The number of nitrogen functional groups attached to an aromatic ring is 1. The highest BCUT2D eigenvalue weighted by Crippen LogP contribution is 2.33. The van der Waals surface area contributed by atoms with Crippen molar-refractivity contribution >= 4 is 17.3 Å². The van der Waals surface area contributed by atoms with Crippen molar-refractivity contribution in [3.05, 3.63) is 18.2 Å². The van der Waals surface area contributed by atoms with Gasteiger partial charge in [-0.25, -0.2) is 0 Å². The Bertz CT molecular complexity index is 499. The number of anilines is 2. The van der Waals surface area contributed by atoms with Crippen LogP contribution in [0, 0.1) is 0 Å². The molecule has 1 amide bonds. The molecule has 0 unspecified atom stereocenters. The van der Waals surface area contributed by atoms with Gasteiger partial charge in [0.1, 0.15) is 5.75 Å². The fraction of sp³-hybridized carbons (Fsp3) is 0.500. The minimum absolute atomic E-state index is 0.115. The molecule has 0 atom stereocenters. The summed E-state index contributed by atoms with van der Waals surface area (Å²) in [7, 11) is 1.95. The van der Waals surface area contributed by atoms with Crippen molar-refractivity contribution in [3.8, 4) is 5.75 Å². The number of amides is 1. The molecule has 102 valence electrons. The molecule has 2 fully saturated rings. The second-order valence-electron chi connectivity index (χ2n) is 5.32. The molecule has 19 heavy (non-hydrogen) atoms. The lowest BCUT2D eigenvalue weighted by atomic mass is 10.2. The molecule has 0 bridgehead atoms. The zero-order valence-electron chi connectivity index (χ0n) is 11.1. The zero-order chi connectivity index (χ0) is 13.4. The van der Waals surface area contributed by atoms with Gasteiger partial charge in [0.05, 0.1) is 18.3 Å². The van der Waals surface area contributed by atoms with Gasteiger partial charge in [-0.1, -0.05) is 0 Å². The first-order valence-electron chi connectivity index (χ1n) is 6.68. The number of ether oxygens (including phenoxy) is 1. The molecule has 2 N–H and O–H groups in total. The van der Waals surface area contributed by atoms with E-state index >= 15 is 0 Å². The summed E-state index contributed by atoms with van der Waals surface area (Å²) >= 11 is 0. The Morgan fingerprint density at radius 3 is 2.74 bits per heavy atom. The van der Waals surface area contributed by atoms with Crippen molar-refractivity contribution in [3.63, 3.8) is 0 Å². The van der Waals surface area contributed by atoms with Crippen LogP contribution in [0.4, 0.5) is 11.4 Å². The summed E-state index contributed by atoms with van der Waals surface area (Å²) in [4.78, 5) is 15.8. The molecule has 0 aromatic heterocycles. The van der Waals surface area contributed by atoms with Gasteiger partial charge in [-0.05, 0) is 38.1 Å². The van der Waals surface area contributed by atoms with Gasteiger partial charge in [0, 0.05) is 18.8 Å². The Morgan fingerprint density at radius 2 is 2.11 bits per heavy atom. The SMILES string of the molecule is CN1CCN(c2ccc(OC3CC3)c(N)c2)C(=O)C1. The first-order valence-corrected chi connectivity index (χ1v) is 6.68. The van der Waals surface area contributed by atoms with Gasteiger partial charge in [0.25, 0.3) is 0 Å². The van der Waals surface area contributed by atoms with Gasteiger partial charge >= 0.3 is 0 Å². The fourth-order valence-corrected chi connectivity index (χ4v) is 2.24. The van der Waals surface area contributed by atoms with Crippen molar-refractivity contribution in [2.45, 2.75) is 18.9 Å². The van der Waals surface area contributed by atoms with E-state index in [1.54, 1.807) is 4.90 Å². The van der Waals surface area contributed by atoms with E-state index in [9.17, 15) is 4.79 Å². The van der Waals surface area contributed by atoms with Gasteiger partial charge in [0.15, 0.2) is 0 Å². The summed E-state index contributed by atoms with van der Waals surface area (Å²) in [5.74, 6) is 0.844. The Labute approximate surface area is 112 Å². The Hall–Kier alpha value is -1.75. The van der Waals surface area contributed by atoms with Gasteiger partial charge < -0.3 is 15.4 Å². The minimum Gasteiger partial charge on any atom is -0.488 e. The first kappa shape index (κ1) is 12.3. The average molecular weight is 261 g/mol. The molecule has 1 aromatic carbocycles. The molecule has 1 aliphatic carbocycles. The van der Waals surface area contributed by atoms with E-state index in [0.717, 1.165) is 30.8 Å². The summed E-state index contributed by atoms with van der Waals surface area (Å²) in [5, 5.41) is 0. The number of carbonyl (C=O) groups excluding carboxylic acids is 1. The van der Waals surface area contributed by atoms with Gasteiger partial charge in [0.2, 0.25) is 5.91 Å². The first-order chi connectivity index (χ1) is 9.13. The molecule has 1 aromatic rings. The lowest BCUT2D eigenvalue weighted by molar-refractivity contribution is -0.120. The van der Waals surface area contributed by atoms with E-state index in [4.69, 9.17) is 10.5 Å². The molecule has 2 aliphatic rings. The molecule has 3 rings (SSSR count). The molecule has 0 radical (unpaired) electrons. The van der Waals surface area contributed by atoms with Crippen molar-refractivity contribution in [2.24, 2.45) is 0 Å². The fourth-order valence-electron chi connectivity index (χ4n) is 2.24. The third-order valence-corrected chi connectivity index (χ3v) is 3.53. The number of piperazine rings is 1. The molecular formula is C14H19N3O2. The normalized spacial score (nSPS) is 20.7. The van der Waals surface area contributed by atoms with E-state index in [1.807, 2.05) is 30.1 Å². The number of hydrogen-bond donors (Lipinski definition) is 1. The van der Waals surface area contributed by atoms with E-state index < -0.39 is 0 Å². The molecule has 1 saturated heterocycles. The van der Waals surface area contributed by atoms with Crippen LogP contribution in [-0.4, -0.2) is 43.6 Å². The Balaban J connectivity index is 1.77. The van der Waals surface area contributed by atoms with Crippen LogP contribution in [-0.2, 0) is 4.79 Å². The lowest BCUT2D eigenvalue weighted by Gasteiger charge is -2.32. The van der Waals surface area contributed by atoms with Crippen LogP contribution in [0.1, 0.15) is 12.8 Å². The zero-order valence-corrected chi connectivity index (χ0v) is 11.1. The number of benzene rings is 1. The number of hydrogen-bond acceptors (Lipinski definition) is 4. The number of nitrogens with two attached hydrogens (primary N) is 1. The van der Waals surface area contributed by atoms with Crippen molar-refractivity contribution in [1.29, 1.82) is 0 Å². The number of likely N-dealkylation sites (N-methyl/N-ethyl adjacent to an activating group) is 1. The van der Waals surface area contributed by atoms with Gasteiger partial charge in [-0.15, -0.1) is 0 Å². The second-order valence-corrected chi connectivity index (χ2v) is 5.32. The topological polar surface area (TPSA) is 58.8 Å². The number of rotatable bonds is 3. The number of nitrogens with zero attached hydrogens (tertiary/aromatic N) is 2. The average Bonchev–Trinajstić information content (AvgIpc) is 3.16. The molecular weight excluding hydrogens is 242 g/mol. The lowest BCUT2D eigenvalue weighted by Crippen LogP contribution is -2.48. The van der Waals surface area contributed by atoms with Crippen molar-refractivity contribution < 1.29 is 9.53 Å². The summed E-state index contributed by atoms with van der Waals surface area (Å²) in [6.45, 7) is 2.05.